The minimum Gasteiger partial charge on any atom is -0.322 e. The van der Waals surface area contributed by atoms with Crippen LogP contribution < -0.4 is 15.1 Å². The van der Waals surface area contributed by atoms with E-state index in [0.717, 1.165) is 43.7 Å². The molecule has 2 aromatic rings. The Morgan fingerprint density at radius 3 is 2.33 bits per heavy atom. The van der Waals surface area contributed by atoms with Crippen LogP contribution in [0.15, 0.2) is 60.7 Å². The van der Waals surface area contributed by atoms with E-state index in [1.807, 2.05) is 18.2 Å². The molecule has 0 saturated carbocycles. The summed E-state index contributed by atoms with van der Waals surface area (Å²) in [4.78, 5) is 15.1. The van der Waals surface area contributed by atoms with Gasteiger partial charge < -0.3 is 15.1 Å². The lowest BCUT2D eigenvalue weighted by molar-refractivity contribution is -1.02. The summed E-state index contributed by atoms with van der Waals surface area (Å²) in [7, 11) is 0. The Morgan fingerprint density at radius 2 is 1.67 bits per heavy atom. The molecule has 4 nitrogen and oxygen atoms in total. The summed E-state index contributed by atoms with van der Waals surface area (Å²) in [6, 6.07) is 14.8. The second-order valence-corrected chi connectivity index (χ2v) is 7.68. The van der Waals surface area contributed by atoms with Gasteiger partial charge in [-0.3, -0.25) is 4.79 Å². The van der Waals surface area contributed by atoms with Crippen LogP contribution in [0.4, 0.5) is 18.9 Å². The van der Waals surface area contributed by atoms with Crippen LogP contribution in [0.1, 0.15) is 18.1 Å². The number of carbonyl (C=O) groups excluding carboxylic acids is 1. The number of anilines is 1. The van der Waals surface area contributed by atoms with Crippen LogP contribution in [-0.4, -0.2) is 44.7 Å². The van der Waals surface area contributed by atoms with Gasteiger partial charge in [-0.1, -0.05) is 48.5 Å². The molecule has 7 heteroatoms. The Bertz CT molecular complexity index is 859. The normalized spacial score (nSPS) is 20.8. The van der Waals surface area contributed by atoms with E-state index < -0.39 is 17.8 Å². The van der Waals surface area contributed by atoms with Gasteiger partial charge in [0.25, 0.3) is 5.91 Å². The summed E-state index contributed by atoms with van der Waals surface area (Å²) >= 11 is 0. The maximum atomic E-state index is 13.1. The third-order valence-corrected chi connectivity index (χ3v) is 5.61. The van der Waals surface area contributed by atoms with Gasteiger partial charge in [-0.2, -0.15) is 13.2 Å². The van der Waals surface area contributed by atoms with Crippen LogP contribution >= 0.6 is 0 Å². The van der Waals surface area contributed by atoms with Crippen molar-refractivity contribution in [1.29, 1.82) is 0 Å². The van der Waals surface area contributed by atoms with E-state index in [-0.39, 0.29) is 11.6 Å². The molecule has 1 aliphatic rings. The zero-order valence-electron chi connectivity index (χ0n) is 17.0. The van der Waals surface area contributed by atoms with Crippen molar-refractivity contribution >= 4 is 17.7 Å². The van der Waals surface area contributed by atoms with Crippen molar-refractivity contribution in [3.8, 4) is 0 Å². The topological polar surface area (TPSA) is 38.0 Å². The van der Waals surface area contributed by atoms with E-state index in [1.165, 1.54) is 28.7 Å². The van der Waals surface area contributed by atoms with Crippen LogP contribution in [0.2, 0.25) is 0 Å². The summed E-state index contributed by atoms with van der Waals surface area (Å²) in [5.74, 6) is -0.380. The molecule has 0 unspecified atom stereocenters. The number of carbonyl (C=O) groups is 1. The quantitative estimate of drug-likeness (QED) is 0.653. The first kappa shape index (κ1) is 22.1. The molecule has 0 aliphatic carbocycles. The van der Waals surface area contributed by atoms with Crippen molar-refractivity contribution in [2.75, 3.05) is 38.0 Å². The SMILES string of the molecule is C[C@@H](C(=O)Nc1ccccc1C(F)(F)F)[NH+]1CC[NH+](C/C=C/c2ccccc2)CC1. The Labute approximate surface area is 175 Å². The predicted molar refractivity (Wildman–Crippen MR) is 111 cm³/mol. The lowest BCUT2D eigenvalue weighted by Gasteiger charge is -2.32. The molecule has 1 amide bonds. The molecule has 3 rings (SSSR count). The van der Waals surface area contributed by atoms with E-state index in [9.17, 15) is 18.0 Å². The number of nitrogens with one attached hydrogen (secondary N) is 3. The molecule has 0 aromatic heterocycles. The second kappa shape index (κ2) is 9.91. The summed E-state index contributed by atoms with van der Waals surface area (Å²) in [5, 5.41) is 2.48. The minimum atomic E-state index is -4.50. The number of rotatable bonds is 6. The number of benzene rings is 2. The van der Waals surface area contributed by atoms with Gasteiger partial charge in [-0.05, 0) is 30.7 Å². The van der Waals surface area contributed by atoms with Crippen molar-refractivity contribution in [3.63, 3.8) is 0 Å². The summed E-state index contributed by atoms with van der Waals surface area (Å²) in [5.41, 5.74) is 0.169. The molecular weight excluding hydrogens is 391 g/mol. The van der Waals surface area contributed by atoms with Gasteiger partial charge in [-0.15, -0.1) is 0 Å². The molecule has 1 aliphatic heterocycles. The van der Waals surface area contributed by atoms with Crippen LogP contribution in [-0.2, 0) is 11.0 Å². The van der Waals surface area contributed by atoms with Crippen molar-refractivity contribution in [2.24, 2.45) is 0 Å². The Hall–Kier alpha value is -2.64. The molecular formula is C23H28F3N3O+2. The molecule has 0 spiro atoms. The smallest absolute Gasteiger partial charge is 0.322 e. The highest BCUT2D eigenvalue weighted by Gasteiger charge is 2.35. The van der Waals surface area contributed by atoms with Gasteiger partial charge in [0, 0.05) is 0 Å². The van der Waals surface area contributed by atoms with Crippen LogP contribution in [0.3, 0.4) is 0 Å². The monoisotopic (exact) mass is 419 g/mol. The summed E-state index contributed by atoms with van der Waals surface area (Å²) in [6.07, 6.45) is -0.220. The lowest BCUT2D eigenvalue weighted by Crippen LogP contribution is -3.29. The van der Waals surface area contributed by atoms with Gasteiger partial charge in [-0.25, -0.2) is 0 Å². The maximum Gasteiger partial charge on any atom is 0.418 e. The highest BCUT2D eigenvalue weighted by Crippen LogP contribution is 2.34. The van der Waals surface area contributed by atoms with Crippen LogP contribution in [0.25, 0.3) is 6.08 Å². The van der Waals surface area contributed by atoms with Gasteiger partial charge in [0.1, 0.15) is 26.2 Å². The molecule has 1 saturated heterocycles. The van der Waals surface area contributed by atoms with Crippen molar-refractivity contribution in [3.05, 3.63) is 71.8 Å². The minimum absolute atomic E-state index is 0.184. The number of hydrogen-bond acceptors (Lipinski definition) is 1. The summed E-state index contributed by atoms with van der Waals surface area (Å²) in [6.45, 7) is 6.16. The molecule has 1 atom stereocenters. The molecule has 2 aromatic carbocycles. The fourth-order valence-electron chi connectivity index (χ4n) is 3.75. The lowest BCUT2D eigenvalue weighted by atomic mass is 10.1. The maximum absolute atomic E-state index is 13.1. The first-order valence-corrected chi connectivity index (χ1v) is 10.2. The average Bonchev–Trinajstić information content (AvgIpc) is 2.74. The third-order valence-electron chi connectivity index (χ3n) is 5.61. The molecule has 3 N–H and O–H groups in total. The standard InChI is InChI=1S/C23H26F3N3O/c1-18(22(30)27-21-12-6-5-11-20(21)23(24,25)26)29-16-14-28(15-17-29)13-7-10-19-8-3-2-4-9-19/h2-12,18H,13-17H2,1H3,(H,27,30)/p+2/b10-7+/t18-/m0/s1. The van der Waals surface area contributed by atoms with E-state index >= 15 is 0 Å². The average molecular weight is 419 g/mol. The first-order valence-electron chi connectivity index (χ1n) is 10.2. The van der Waals surface area contributed by atoms with Crippen molar-refractivity contribution in [1.82, 2.24) is 0 Å². The van der Waals surface area contributed by atoms with Gasteiger partial charge >= 0.3 is 6.18 Å². The van der Waals surface area contributed by atoms with E-state index in [1.54, 1.807) is 6.92 Å². The number of amides is 1. The van der Waals surface area contributed by atoms with Crippen molar-refractivity contribution < 1.29 is 27.8 Å². The largest absolute Gasteiger partial charge is 0.418 e. The molecule has 160 valence electrons. The number of hydrogen-bond donors (Lipinski definition) is 3. The molecule has 0 radical (unpaired) electrons. The van der Waals surface area contributed by atoms with E-state index in [2.05, 4.69) is 29.6 Å². The number of halogens is 3. The third kappa shape index (κ3) is 5.93. The number of piperazine rings is 1. The number of para-hydroxylation sites is 1. The number of quaternary nitrogens is 2. The fourth-order valence-corrected chi connectivity index (χ4v) is 3.75. The predicted octanol–water partition coefficient (Wildman–Crippen LogP) is 1.53. The van der Waals surface area contributed by atoms with E-state index in [0.29, 0.717) is 0 Å². The molecule has 30 heavy (non-hydrogen) atoms. The van der Waals surface area contributed by atoms with Crippen molar-refractivity contribution in [2.45, 2.75) is 19.1 Å². The zero-order valence-corrected chi connectivity index (χ0v) is 17.0. The van der Waals surface area contributed by atoms with Gasteiger partial charge in [0.05, 0.1) is 17.8 Å². The van der Waals surface area contributed by atoms with E-state index in [4.69, 9.17) is 0 Å². The number of alkyl halides is 3. The zero-order chi connectivity index (χ0) is 21.6. The fraction of sp³-hybridized carbons (Fsp3) is 0.348. The highest BCUT2D eigenvalue weighted by atomic mass is 19.4. The Kier molecular flexibility index (Phi) is 7.29. The molecule has 0 bridgehead atoms. The van der Waals surface area contributed by atoms with Crippen LogP contribution in [0, 0.1) is 0 Å². The molecule has 1 heterocycles. The molecule has 1 fully saturated rings. The first-order chi connectivity index (χ1) is 14.3. The second-order valence-electron chi connectivity index (χ2n) is 7.68. The van der Waals surface area contributed by atoms with Crippen LogP contribution in [0.5, 0.6) is 0 Å². The van der Waals surface area contributed by atoms with Gasteiger partial charge in [0.15, 0.2) is 6.04 Å². The summed E-state index contributed by atoms with van der Waals surface area (Å²) < 4.78 is 39.4. The van der Waals surface area contributed by atoms with Gasteiger partial charge in [0.2, 0.25) is 0 Å². The Balaban J connectivity index is 1.50. The Morgan fingerprint density at radius 1 is 1.03 bits per heavy atom. The highest BCUT2D eigenvalue weighted by molar-refractivity contribution is 5.94.